The van der Waals surface area contributed by atoms with Crippen LogP contribution in [0.5, 0.6) is 5.75 Å². The lowest BCUT2D eigenvalue weighted by atomic mass is 9.77. The lowest BCUT2D eigenvalue weighted by molar-refractivity contribution is 0.0781. The standard InChI is InChI=1S/C16H21FN2O3/c17-13-2-1-11(7-14(13)20)15(21)19-9-12-8-16(10-22-12)3-5-18-6-4-16/h1-2,7,12,18,20H,3-6,8-10H2,(H,19,21). The highest BCUT2D eigenvalue weighted by Gasteiger charge is 2.40. The molecular formula is C16H21FN2O3. The maximum Gasteiger partial charge on any atom is 0.251 e. The van der Waals surface area contributed by atoms with Crippen molar-refractivity contribution in [1.29, 1.82) is 0 Å². The minimum atomic E-state index is -0.733. The molecule has 1 atom stereocenters. The number of benzene rings is 1. The van der Waals surface area contributed by atoms with E-state index in [4.69, 9.17) is 4.74 Å². The number of hydrogen-bond acceptors (Lipinski definition) is 4. The average Bonchev–Trinajstić information content (AvgIpc) is 2.91. The van der Waals surface area contributed by atoms with Crippen LogP contribution in [0, 0.1) is 11.2 Å². The van der Waals surface area contributed by atoms with Crippen LogP contribution >= 0.6 is 0 Å². The van der Waals surface area contributed by atoms with Crippen molar-refractivity contribution >= 4 is 5.91 Å². The molecule has 1 aromatic carbocycles. The van der Waals surface area contributed by atoms with Gasteiger partial charge in [0.1, 0.15) is 0 Å². The summed E-state index contributed by atoms with van der Waals surface area (Å²) in [6.07, 6.45) is 3.21. The van der Waals surface area contributed by atoms with Gasteiger partial charge in [-0.1, -0.05) is 0 Å². The summed E-state index contributed by atoms with van der Waals surface area (Å²) >= 11 is 0. The molecule has 22 heavy (non-hydrogen) atoms. The van der Waals surface area contributed by atoms with E-state index in [1.807, 2.05) is 0 Å². The number of hydrogen-bond donors (Lipinski definition) is 3. The normalized spacial score (nSPS) is 23.6. The average molecular weight is 308 g/mol. The van der Waals surface area contributed by atoms with Gasteiger partial charge in [0.25, 0.3) is 5.91 Å². The number of amides is 1. The van der Waals surface area contributed by atoms with Gasteiger partial charge in [-0.05, 0) is 56.0 Å². The molecule has 3 N–H and O–H groups in total. The van der Waals surface area contributed by atoms with Crippen molar-refractivity contribution in [1.82, 2.24) is 10.6 Å². The third-order valence-electron chi connectivity index (χ3n) is 4.65. The van der Waals surface area contributed by atoms with E-state index >= 15 is 0 Å². The summed E-state index contributed by atoms with van der Waals surface area (Å²) in [7, 11) is 0. The molecule has 2 aliphatic heterocycles. The van der Waals surface area contributed by atoms with Gasteiger partial charge in [0.2, 0.25) is 0 Å². The van der Waals surface area contributed by atoms with Crippen LogP contribution in [0.2, 0.25) is 0 Å². The Kier molecular flexibility index (Phi) is 4.31. The first kappa shape index (κ1) is 15.2. The minimum absolute atomic E-state index is 0.0242. The first-order chi connectivity index (χ1) is 10.6. The molecule has 0 aliphatic carbocycles. The third kappa shape index (κ3) is 3.23. The summed E-state index contributed by atoms with van der Waals surface area (Å²) in [5, 5.41) is 15.5. The predicted octanol–water partition coefficient (Wildman–Crippen LogP) is 1.42. The van der Waals surface area contributed by atoms with Gasteiger partial charge in [0, 0.05) is 12.1 Å². The van der Waals surface area contributed by atoms with Crippen molar-refractivity contribution in [2.45, 2.75) is 25.4 Å². The van der Waals surface area contributed by atoms with Crippen molar-refractivity contribution in [2.24, 2.45) is 5.41 Å². The summed E-state index contributed by atoms with van der Waals surface area (Å²) in [5.41, 5.74) is 0.503. The Balaban J connectivity index is 1.52. The van der Waals surface area contributed by atoms with Crippen LogP contribution in [0.4, 0.5) is 4.39 Å². The Bertz CT molecular complexity index is 558. The van der Waals surface area contributed by atoms with Crippen molar-refractivity contribution < 1.29 is 19.0 Å². The third-order valence-corrected chi connectivity index (χ3v) is 4.65. The molecule has 2 aliphatic rings. The highest BCUT2D eigenvalue weighted by Crippen LogP contribution is 2.40. The lowest BCUT2D eigenvalue weighted by Gasteiger charge is -2.32. The van der Waals surface area contributed by atoms with Gasteiger partial charge >= 0.3 is 0 Å². The fourth-order valence-corrected chi connectivity index (χ4v) is 3.29. The summed E-state index contributed by atoms with van der Waals surface area (Å²) in [5.74, 6) is -1.58. The topological polar surface area (TPSA) is 70.6 Å². The molecule has 1 amide bonds. The molecule has 2 fully saturated rings. The molecule has 1 unspecified atom stereocenters. The summed E-state index contributed by atoms with van der Waals surface area (Å²) in [6, 6.07) is 3.57. The monoisotopic (exact) mass is 308 g/mol. The van der Waals surface area contributed by atoms with Crippen LogP contribution in [0.15, 0.2) is 18.2 Å². The molecule has 5 nitrogen and oxygen atoms in total. The Morgan fingerprint density at radius 3 is 2.95 bits per heavy atom. The number of nitrogens with one attached hydrogen (secondary N) is 2. The molecule has 2 heterocycles. The zero-order chi connectivity index (χ0) is 15.6. The molecule has 0 bridgehead atoms. The second kappa shape index (κ2) is 6.22. The predicted molar refractivity (Wildman–Crippen MR) is 79.3 cm³/mol. The van der Waals surface area contributed by atoms with Gasteiger partial charge in [-0.3, -0.25) is 4.79 Å². The smallest absolute Gasteiger partial charge is 0.251 e. The highest BCUT2D eigenvalue weighted by molar-refractivity contribution is 5.94. The van der Waals surface area contributed by atoms with Crippen molar-refractivity contribution in [3.05, 3.63) is 29.6 Å². The highest BCUT2D eigenvalue weighted by atomic mass is 19.1. The van der Waals surface area contributed by atoms with Crippen LogP contribution in [0.1, 0.15) is 29.6 Å². The van der Waals surface area contributed by atoms with Crippen molar-refractivity contribution in [3.8, 4) is 5.75 Å². The molecule has 120 valence electrons. The zero-order valence-corrected chi connectivity index (χ0v) is 12.4. The van der Waals surface area contributed by atoms with Crippen LogP contribution in [-0.4, -0.2) is 43.4 Å². The Morgan fingerprint density at radius 1 is 1.45 bits per heavy atom. The number of rotatable bonds is 3. The van der Waals surface area contributed by atoms with E-state index in [-0.39, 0.29) is 23.0 Å². The maximum atomic E-state index is 13.0. The Hall–Kier alpha value is -1.66. The van der Waals surface area contributed by atoms with Crippen LogP contribution < -0.4 is 10.6 Å². The maximum absolute atomic E-state index is 13.0. The SMILES string of the molecule is O=C(NCC1CC2(CCNCC2)CO1)c1ccc(F)c(O)c1. The second-order valence-electron chi connectivity index (χ2n) is 6.26. The second-order valence-corrected chi connectivity index (χ2v) is 6.26. The van der Waals surface area contributed by atoms with E-state index in [0.717, 1.165) is 51.1 Å². The van der Waals surface area contributed by atoms with Gasteiger partial charge in [-0.2, -0.15) is 0 Å². The van der Waals surface area contributed by atoms with Crippen LogP contribution in [0.25, 0.3) is 0 Å². The number of phenols is 1. The lowest BCUT2D eigenvalue weighted by Crippen LogP contribution is -2.38. The molecule has 1 spiro atoms. The molecule has 2 saturated heterocycles. The van der Waals surface area contributed by atoms with Gasteiger partial charge < -0.3 is 20.5 Å². The van der Waals surface area contributed by atoms with E-state index in [0.29, 0.717) is 6.54 Å². The number of piperidine rings is 1. The van der Waals surface area contributed by atoms with Crippen molar-refractivity contribution in [3.63, 3.8) is 0 Å². The quantitative estimate of drug-likeness (QED) is 0.790. The molecule has 0 radical (unpaired) electrons. The van der Waals surface area contributed by atoms with Crippen molar-refractivity contribution in [2.75, 3.05) is 26.2 Å². The van der Waals surface area contributed by atoms with E-state index in [2.05, 4.69) is 10.6 Å². The molecule has 0 saturated carbocycles. The number of carbonyl (C=O) groups excluding carboxylic acids is 1. The van der Waals surface area contributed by atoms with Gasteiger partial charge in [0.05, 0.1) is 12.7 Å². The van der Waals surface area contributed by atoms with E-state index in [9.17, 15) is 14.3 Å². The van der Waals surface area contributed by atoms with E-state index < -0.39 is 11.6 Å². The zero-order valence-electron chi connectivity index (χ0n) is 12.4. The molecule has 1 aromatic rings. The fraction of sp³-hybridized carbons (Fsp3) is 0.562. The Morgan fingerprint density at radius 2 is 2.23 bits per heavy atom. The largest absolute Gasteiger partial charge is 0.505 e. The molecular weight excluding hydrogens is 287 g/mol. The number of aromatic hydroxyl groups is 1. The number of halogens is 1. The number of phenolic OH excluding ortho intramolecular Hbond substituents is 1. The Labute approximate surface area is 128 Å². The first-order valence-corrected chi connectivity index (χ1v) is 7.67. The van der Waals surface area contributed by atoms with E-state index in [1.54, 1.807) is 0 Å². The fourth-order valence-electron chi connectivity index (χ4n) is 3.29. The molecule has 6 heteroatoms. The van der Waals surface area contributed by atoms with Gasteiger partial charge in [0.15, 0.2) is 11.6 Å². The summed E-state index contributed by atoms with van der Waals surface area (Å²) in [4.78, 5) is 12.0. The van der Waals surface area contributed by atoms with Crippen LogP contribution in [-0.2, 0) is 4.74 Å². The number of carbonyl (C=O) groups is 1. The van der Waals surface area contributed by atoms with E-state index in [1.165, 1.54) is 6.07 Å². The molecule has 0 aromatic heterocycles. The first-order valence-electron chi connectivity index (χ1n) is 7.67. The molecule has 3 rings (SSSR count). The van der Waals surface area contributed by atoms with Crippen LogP contribution in [0.3, 0.4) is 0 Å². The van der Waals surface area contributed by atoms with Gasteiger partial charge in [-0.25, -0.2) is 4.39 Å². The number of ether oxygens (including phenoxy) is 1. The minimum Gasteiger partial charge on any atom is -0.505 e. The summed E-state index contributed by atoms with van der Waals surface area (Å²) < 4.78 is 18.8. The van der Waals surface area contributed by atoms with Gasteiger partial charge in [-0.15, -0.1) is 0 Å². The summed E-state index contributed by atoms with van der Waals surface area (Å²) in [6.45, 7) is 3.24.